The molecule has 1 fully saturated rings. The minimum absolute atomic E-state index is 0. The van der Waals surface area contributed by atoms with Gasteiger partial charge in [-0.05, 0) is 89.9 Å². The van der Waals surface area contributed by atoms with Gasteiger partial charge in [0.2, 0.25) is 0 Å². The van der Waals surface area contributed by atoms with Crippen LogP contribution in [-0.2, 0) is 0 Å². The highest BCUT2D eigenvalue weighted by Gasteiger charge is 2.29. The van der Waals surface area contributed by atoms with Crippen LogP contribution in [0.3, 0.4) is 0 Å². The minimum Gasteiger partial charge on any atom is -0.317 e. The third kappa shape index (κ3) is 16.5. The second-order valence-corrected chi connectivity index (χ2v) is 5.92. The molecule has 8 heteroatoms. The van der Waals surface area contributed by atoms with Crippen LogP contribution in [0.2, 0.25) is 0 Å². The molecule has 1 aliphatic rings. The second kappa shape index (κ2) is 24.0. The average Bonchev–Trinajstić information content (AvgIpc) is 2.44. The zero-order chi connectivity index (χ0) is 14.5. The Morgan fingerprint density at radius 3 is 1.21 bits per heavy atom. The molecule has 0 amide bonds. The third-order valence-corrected chi connectivity index (χ3v) is 4.30. The van der Waals surface area contributed by atoms with Crippen LogP contribution in [0.4, 0.5) is 0 Å². The zero-order valence-electron chi connectivity index (χ0n) is 15.3. The van der Waals surface area contributed by atoms with Gasteiger partial charge in [-0.15, -0.1) is 49.6 Å². The van der Waals surface area contributed by atoms with Crippen LogP contribution in [0.25, 0.3) is 0 Å². The van der Waals surface area contributed by atoms with Crippen molar-refractivity contribution in [1.29, 1.82) is 0 Å². The van der Waals surface area contributed by atoms with E-state index in [2.05, 4.69) is 35.1 Å². The summed E-state index contributed by atoms with van der Waals surface area (Å²) in [5.41, 5.74) is 0. The molecule has 4 nitrogen and oxygen atoms in total. The number of halogens is 4. The molecule has 2 atom stereocenters. The van der Waals surface area contributed by atoms with E-state index in [4.69, 9.17) is 0 Å². The fourth-order valence-corrected chi connectivity index (χ4v) is 2.78. The Kier molecular flexibility index (Phi) is 32.7. The lowest BCUT2D eigenvalue weighted by Crippen LogP contribution is -2.41. The summed E-state index contributed by atoms with van der Waals surface area (Å²) in [6.45, 7) is 13.5. The minimum atomic E-state index is 0. The molecular formula is C16H40Cl4N4. The Hall–Kier alpha value is 1.00. The maximum atomic E-state index is 3.62. The molecule has 4 N–H and O–H groups in total. The Balaban J connectivity index is -0.000000500. The Morgan fingerprint density at radius 1 is 0.583 bits per heavy atom. The summed E-state index contributed by atoms with van der Waals surface area (Å²) >= 11 is 0. The van der Waals surface area contributed by atoms with Crippen LogP contribution < -0.4 is 21.3 Å². The summed E-state index contributed by atoms with van der Waals surface area (Å²) in [7, 11) is 0. The molecule has 0 aromatic heterocycles. The molecule has 0 heterocycles. The van der Waals surface area contributed by atoms with Crippen molar-refractivity contribution in [2.45, 2.75) is 39.5 Å². The van der Waals surface area contributed by atoms with Gasteiger partial charge in [0.1, 0.15) is 0 Å². The van der Waals surface area contributed by atoms with Crippen molar-refractivity contribution in [2.75, 3.05) is 52.4 Å². The maximum Gasteiger partial charge on any atom is -0.00174 e. The smallest absolute Gasteiger partial charge is 0.00174 e. The molecule has 1 rings (SSSR count). The number of nitrogens with one attached hydrogen (secondary N) is 4. The molecule has 0 aromatic carbocycles. The number of hydrogen-bond donors (Lipinski definition) is 4. The van der Waals surface area contributed by atoms with E-state index in [0.717, 1.165) is 51.1 Å². The molecule has 0 aromatic rings. The third-order valence-electron chi connectivity index (χ3n) is 4.30. The van der Waals surface area contributed by atoms with Crippen LogP contribution >= 0.6 is 49.6 Å². The number of rotatable bonds is 14. The second-order valence-electron chi connectivity index (χ2n) is 5.92. The summed E-state index contributed by atoms with van der Waals surface area (Å²) in [6.07, 6.45) is 5.33. The van der Waals surface area contributed by atoms with Crippen molar-refractivity contribution in [3.8, 4) is 0 Å². The maximum absolute atomic E-state index is 3.62. The van der Waals surface area contributed by atoms with Crippen LogP contribution in [0, 0.1) is 11.8 Å². The normalized spacial score (nSPS) is 18.2. The zero-order valence-corrected chi connectivity index (χ0v) is 18.5. The number of hydrogen-bond acceptors (Lipinski definition) is 4. The van der Waals surface area contributed by atoms with Crippen molar-refractivity contribution < 1.29 is 0 Å². The standard InChI is InChI=1S/C16H36N4.4ClH/c1-3-17-9-5-11-19-13-15-7-8-16(15)14-20-12-6-10-18-4-2;;;;/h15-20H,3-14H2,1-2H3;4*1H/t15-,16+;;;;. The summed E-state index contributed by atoms with van der Waals surface area (Å²) in [5, 5.41) is 14.0. The van der Waals surface area contributed by atoms with Gasteiger partial charge in [0, 0.05) is 0 Å². The molecule has 1 saturated carbocycles. The summed E-state index contributed by atoms with van der Waals surface area (Å²) < 4.78 is 0. The summed E-state index contributed by atoms with van der Waals surface area (Å²) in [6, 6.07) is 0. The van der Waals surface area contributed by atoms with Crippen molar-refractivity contribution in [3.05, 3.63) is 0 Å². The van der Waals surface area contributed by atoms with E-state index in [9.17, 15) is 0 Å². The van der Waals surface area contributed by atoms with Crippen molar-refractivity contribution in [3.63, 3.8) is 0 Å². The van der Waals surface area contributed by atoms with Crippen LogP contribution in [0.1, 0.15) is 39.5 Å². The van der Waals surface area contributed by atoms with Gasteiger partial charge in [-0.3, -0.25) is 0 Å². The molecule has 0 radical (unpaired) electrons. The molecule has 0 aliphatic heterocycles. The highest BCUT2D eigenvalue weighted by atomic mass is 35.5. The van der Waals surface area contributed by atoms with Gasteiger partial charge >= 0.3 is 0 Å². The molecule has 0 unspecified atom stereocenters. The summed E-state index contributed by atoms with van der Waals surface area (Å²) in [5.74, 6) is 1.82. The molecule has 152 valence electrons. The molecule has 1 aliphatic carbocycles. The lowest BCUT2D eigenvalue weighted by atomic mass is 9.73. The van der Waals surface area contributed by atoms with E-state index in [0.29, 0.717) is 0 Å². The van der Waals surface area contributed by atoms with Gasteiger partial charge in [-0.2, -0.15) is 0 Å². The predicted octanol–water partition coefficient (Wildman–Crippen LogP) is 2.88. The van der Waals surface area contributed by atoms with E-state index in [-0.39, 0.29) is 49.6 Å². The van der Waals surface area contributed by atoms with Crippen molar-refractivity contribution >= 4 is 49.6 Å². The van der Waals surface area contributed by atoms with Crippen molar-refractivity contribution in [2.24, 2.45) is 11.8 Å². The van der Waals surface area contributed by atoms with E-state index in [1.165, 1.54) is 38.8 Å². The van der Waals surface area contributed by atoms with Crippen LogP contribution in [-0.4, -0.2) is 52.4 Å². The van der Waals surface area contributed by atoms with Gasteiger partial charge in [-0.1, -0.05) is 13.8 Å². The Labute approximate surface area is 174 Å². The van der Waals surface area contributed by atoms with Crippen molar-refractivity contribution in [1.82, 2.24) is 21.3 Å². The first-order valence-corrected chi connectivity index (χ1v) is 8.71. The van der Waals surface area contributed by atoms with E-state index < -0.39 is 0 Å². The van der Waals surface area contributed by atoms with E-state index in [1.54, 1.807) is 0 Å². The monoisotopic (exact) mass is 428 g/mol. The highest BCUT2D eigenvalue weighted by Crippen LogP contribution is 2.32. The van der Waals surface area contributed by atoms with E-state index >= 15 is 0 Å². The lowest BCUT2D eigenvalue weighted by Gasteiger charge is -2.37. The SMILES string of the molecule is CCNCCCNC[C@H]1CC[C@H]1CNCCCNCC.Cl.Cl.Cl.Cl. The van der Waals surface area contributed by atoms with Gasteiger partial charge in [0.25, 0.3) is 0 Å². The molecule has 0 saturated heterocycles. The van der Waals surface area contributed by atoms with Gasteiger partial charge in [0.15, 0.2) is 0 Å². The fraction of sp³-hybridized carbons (Fsp3) is 1.00. The Morgan fingerprint density at radius 2 is 0.917 bits per heavy atom. The summed E-state index contributed by atoms with van der Waals surface area (Å²) in [4.78, 5) is 0. The van der Waals surface area contributed by atoms with Gasteiger partial charge in [0.05, 0.1) is 0 Å². The quantitative estimate of drug-likeness (QED) is 0.320. The van der Waals surface area contributed by atoms with Gasteiger partial charge in [-0.25, -0.2) is 0 Å². The van der Waals surface area contributed by atoms with Crippen LogP contribution in [0.5, 0.6) is 0 Å². The van der Waals surface area contributed by atoms with Gasteiger partial charge < -0.3 is 21.3 Å². The highest BCUT2D eigenvalue weighted by molar-refractivity contribution is 5.86. The molecule has 0 bridgehead atoms. The van der Waals surface area contributed by atoms with E-state index in [1.807, 2.05) is 0 Å². The Bertz CT molecular complexity index is 204. The predicted molar refractivity (Wildman–Crippen MR) is 117 cm³/mol. The first-order valence-electron chi connectivity index (χ1n) is 8.71. The first-order chi connectivity index (χ1) is 9.88. The average molecular weight is 430 g/mol. The lowest BCUT2D eigenvalue weighted by molar-refractivity contribution is 0.167. The fourth-order valence-electron chi connectivity index (χ4n) is 2.78. The topological polar surface area (TPSA) is 48.1 Å². The largest absolute Gasteiger partial charge is 0.317 e. The first kappa shape index (κ1) is 32.7. The molecule has 0 spiro atoms. The van der Waals surface area contributed by atoms with Crippen LogP contribution in [0.15, 0.2) is 0 Å². The molecule has 24 heavy (non-hydrogen) atoms. The molecular weight excluding hydrogens is 390 g/mol.